The van der Waals surface area contributed by atoms with Crippen molar-refractivity contribution in [3.8, 4) is 0 Å². The summed E-state index contributed by atoms with van der Waals surface area (Å²) in [5.41, 5.74) is 1.53. The zero-order valence-electron chi connectivity index (χ0n) is 28.1. The molecule has 2 heterocycles. The molecular formula is C35H59ClO13. The molecule has 0 aromatic rings. The quantitative estimate of drug-likeness (QED) is 0.0408. The summed E-state index contributed by atoms with van der Waals surface area (Å²) in [5, 5.41) is 114. The molecule has 0 radical (unpaired) electrons. The van der Waals surface area contributed by atoms with Crippen molar-refractivity contribution in [2.45, 2.75) is 163 Å². The maximum absolute atomic E-state index is 10.9. The third-order valence-corrected chi connectivity index (χ3v) is 9.44. The van der Waals surface area contributed by atoms with Gasteiger partial charge in [-0.15, -0.1) is 0 Å². The van der Waals surface area contributed by atoms with E-state index in [4.69, 9.17) is 21.1 Å². The molecule has 0 spiro atoms. The van der Waals surface area contributed by atoms with Crippen LogP contribution in [0.15, 0.2) is 48.1 Å². The average Bonchev–Trinajstić information content (AvgIpc) is 3.09. The van der Waals surface area contributed by atoms with E-state index in [9.17, 15) is 56.2 Å². The second-order valence-corrected chi connectivity index (χ2v) is 13.4. The maximum atomic E-state index is 10.9. The van der Waals surface area contributed by atoms with Gasteiger partial charge in [-0.05, 0) is 50.5 Å². The molecular weight excluding hydrogens is 664 g/mol. The molecule has 2 saturated heterocycles. The highest BCUT2D eigenvalue weighted by atomic mass is 35.5. The van der Waals surface area contributed by atoms with Gasteiger partial charge in [-0.3, -0.25) is 0 Å². The first-order valence-corrected chi connectivity index (χ1v) is 17.8. The summed E-state index contributed by atoms with van der Waals surface area (Å²) in [6, 6.07) is 0. The minimum Gasteiger partial charge on any atom is -0.396 e. The molecule has 2 aliphatic rings. The lowest BCUT2D eigenvalue weighted by molar-refractivity contribution is -0.245. The Kier molecular flexibility index (Phi) is 20.9. The fourth-order valence-electron chi connectivity index (χ4n) is 6.18. The largest absolute Gasteiger partial charge is 0.396 e. The summed E-state index contributed by atoms with van der Waals surface area (Å²) in [6.07, 6.45) is -4.06. The molecule has 14 atom stereocenters. The van der Waals surface area contributed by atoms with Gasteiger partial charge in [-0.2, -0.15) is 0 Å². The van der Waals surface area contributed by atoms with Gasteiger partial charge < -0.3 is 65.6 Å². The van der Waals surface area contributed by atoms with Crippen molar-refractivity contribution in [3.05, 3.63) is 48.1 Å². The highest BCUT2D eigenvalue weighted by Gasteiger charge is 2.47. The Morgan fingerprint density at radius 1 is 0.755 bits per heavy atom. The van der Waals surface area contributed by atoms with Crippen LogP contribution < -0.4 is 0 Å². The summed E-state index contributed by atoms with van der Waals surface area (Å²) >= 11 is 5.46. The minimum atomic E-state index is -1.67. The van der Waals surface area contributed by atoms with Gasteiger partial charge in [0, 0.05) is 18.6 Å². The minimum absolute atomic E-state index is 0.0366. The van der Waals surface area contributed by atoms with Gasteiger partial charge in [0.25, 0.3) is 0 Å². The van der Waals surface area contributed by atoms with Crippen molar-refractivity contribution < 1.29 is 65.6 Å². The molecule has 11 N–H and O–H groups in total. The van der Waals surface area contributed by atoms with Crippen LogP contribution in [-0.2, 0) is 9.47 Å². The van der Waals surface area contributed by atoms with Gasteiger partial charge in [-0.25, -0.2) is 0 Å². The first kappa shape index (κ1) is 43.9. The second-order valence-electron chi connectivity index (χ2n) is 13.1. The number of hydrogen-bond acceptors (Lipinski definition) is 13. The Morgan fingerprint density at radius 3 is 2.02 bits per heavy atom. The van der Waals surface area contributed by atoms with Gasteiger partial charge in [0.2, 0.25) is 0 Å². The van der Waals surface area contributed by atoms with Crippen LogP contribution in [0.5, 0.6) is 0 Å². The maximum Gasteiger partial charge on any atom is 0.115 e. The van der Waals surface area contributed by atoms with Crippen LogP contribution in [0.25, 0.3) is 0 Å². The van der Waals surface area contributed by atoms with Gasteiger partial charge >= 0.3 is 0 Å². The highest BCUT2D eigenvalue weighted by Crippen LogP contribution is 2.30. The fourth-order valence-corrected chi connectivity index (χ4v) is 6.27. The van der Waals surface area contributed by atoms with E-state index >= 15 is 0 Å². The van der Waals surface area contributed by atoms with E-state index in [1.807, 2.05) is 6.08 Å². The van der Waals surface area contributed by atoms with Gasteiger partial charge in [0.1, 0.15) is 61.0 Å². The molecule has 0 bridgehead atoms. The van der Waals surface area contributed by atoms with E-state index in [1.165, 1.54) is 11.6 Å². The lowest BCUT2D eigenvalue weighted by Gasteiger charge is -2.43. The van der Waals surface area contributed by atoms with E-state index in [-0.39, 0.29) is 37.9 Å². The third kappa shape index (κ3) is 14.0. The van der Waals surface area contributed by atoms with Gasteiger partial charge in [0.05, 0.1) is 24.4 Å². The number of allylic oxidation sites excluding steroid dienone is 4. The molecule has 284 valence electrons. The van der Waals surface area contributed by atoms with Crippen molar-refractivity contribution in [1.29, 1.82) is 0 Å². The van der Waals surface area contributed by atoms with E-state index in [0.717, 1.165) is 44.9 Å². The van der Waals surface area contributed by atoms with E-state index in [0.29, 0.717) is 6.42 Å². The van der Waals surface area contributed by atoms with E-state index in [1.54, 1.807) is 12.2 Å². The Morgan fingerprint density at radius 2 is 1.39 bits per heavy atom. The Bertz CT molecular complexity index is 1010. The fraction of sp³-hybridized carbons (Fsp3) is 0.771. The van der Waals surface area contributed by atoms with Crippen LogP contribution in [0.2, 0.25) is 0 Å². The first-order chi connectivity index (χ1) is 23.3. The lowest BCUT2D eigenvalue weighted by atomic mass is 9.86. The van der Waals surface area contributed by atoms with Crippen molar-refractivity contribution in [2.75, 3.05) is 6.61 Å². The number of rotatable bonds is 22. The smallest absolute Gasteiger partial charge is 0.115 e. The standard InChI is InChI=1S/C35H59ClO13/c1-21(15-16-23(39)34-33(47)32(46)30(44)25(48-34)17-19-37)27(41)31(45)26-20-24(40)29(43)35(49-26)28(42)22(38)14-12-10-8-6-4-2-3-5-7-9-11-13-18-36/h9,11-14,18,22-35,37-47H,1-8,10,15-17,19-20H2/b11-9+,14-12+,18-13+/t22-,23+,24+,25-,26+,27+,28-,29+,30-,31-,32-,33+,34-,35+/m1/s1. The molecule has 2 aliphatic heterocycles. The molecule has 0 aliphatic carbocycles. The van der Waals surface area contributed by atoms with Crippen molar-refractivity contribution >= 4 is 11.6 Å². The van der Waals surface area contributed by atoms with Crippen LogP contribution in [0, 0.1) is 0 Å². The highest BCUT2D eigenvalue weighted by molar-refractivity contribution is 6.25. The van der Waals surface area contributed by atoms with Crippen LogP contribution in [0.3, 0.4) is 0 Å². The molecule has 13 nitrogen and oxygen atoms in total. The van der Waals surface area contributed by atoms with Crippen molar-refractivity contribution in [1.82, 2.24) is 0 Å². The van der Waals surface area contributed by atoms with Gasteiger partial charge in [-0.1, -0.05) is 74.2 Å². The average molecular weight is 723 g/mol. The predicted molar refractivity (Wildman–Crippen MR) is 182 cm³/mol. The SMILES string of the molecule is C=C(CC[C@H](O)[C@H]1O[C@H](CCO)[C@@H](O)[C@@H](O)[C@@H]1O)[C@H](O)[C@H](O)[C@@H]1C[C@H](O)[C@H](O)[C@H]([C@H](O)[C@H](O)/C=C/CCCCCCCC/C=C/C=C/Cl)O1. The Labute approximate surface area is 294 Å². The lowest BCUT2D eigenvalue weighted by Crippen LogP contribution is -2.60. The summed E-state index contributed by atoms with van der Waals surface area (Å²) in [6.45, 7) is 3.40. The molecule has 2 fully saturated rings. The molecule has 0 unspecified atom stereocenters. The van der Waals surface area contributed by atoms with Crippen LogP contribution in [-0.4, -0.2) is 148 Å². The second kappa shape index (κ2) is 23.3. The van der Waals surface area contributed by atoms with Crippen LogP contribution in [0.1, 0.15) is 77.0 Å². The molecule has 0 aromatic heterocycles. The number of aliphatic hydroxyl groups excluding tert-OH is 11. The summed E-state index contributed by atoms with van der Waals surface area (Å²) in [4.78, 5) is 0. The zero-order chi connectivity index (χ0) is 36.5. The Balaban J connectivity index is 1.81. The van der Waals surface area contributed by atoms with E-state index < -0.39 is 85.5 Å². The zero-order valence-corrected chi connectivity index (χ0v) is 28.8. The number of hydrogen-bond donors (Lipinski definition) is 11. The molecule has 0 aromatic carbocycles. The molecule has 0 amide bonds. The van der Waals surface area contributed by atoms with Crippen molar-refractivity contribution in [3.63, 3.8) is 0 Å². The van der Waals surface area contributed by atoms with Crippen molar-refractivity contribution in [2.24, 2.45) is 0 Å². The molecule has 49 heavy (non-hydrogen) atoms. The summed E-state index contributed by atoms with van der Waals surface area (Å²) < 4.78 is 11.2. The molecule has 14 heteroatoms. The predicted octanol–water partition coefficient (Wildman–Crippen LogP) is 0.225. The topological polar surface area (TPSA) is 241 Å². The number of unbranched alkanes of at least 4 members (excludes halogenated alkanes) is 7. The number of halogens is 1. The number of aliphatic hydroxyl groups is 11. The Hall–Kier alpha value is -1.27. The first-order valence-electron chi connectivity index (χ1n) is 17.3. The third-order valence-electron chi connectivity index (χ3n) is 9.29. The molecule has 0 saturated carbocycles. The van der Waals surface area contributed by atoms with Crippen LogP contribution >= 0.6 is 11.6 Å². The van der Waals surface area contributed by atoms with Gasteiger partial charge in [0.15, 0.2) is 0 Å². The number of ether oxygens (including phenoxy) is 2. The summed E-state index contributed by atoms with van der Waals surface area (Å²) in [5.74, 6) is 0. The van der Waals surface area contributed by atoms with E-state index in [2.05, 4.69) is 12.7 Å². The van der Waals surface area contributed by atoms with Crippen LogP contribution in [0.4, 0.5) is 0 Å². The normalized spacial score (nSPS) is 32.9. The monoisotopic (exact) mass is 722 g/mol. The molecule has 2 rings (SSSR count). The summed E-state index contributed by atoms with van der Waals surface area (Å²) in [7, 11) is 0.